The van der Waals surface area contributed by atoms with Gasteiger partial charge in [0.05, 0.1) is 0 Å². The highest BCUT2D eigenvalue weighted by Gasteiger charge is 2.16. The summed E-state index contributed by atoms with van der Waals surface area (Å²) in [6.07, 6.45) is -0.854. The third-order valence-corrected chi connectivity index (χ3v) is 2.43. The molecule has 14 heavy (non-hydrogen) atoms. The van der Waals surface area contributed by atoms with Gasteiger partial charge in [-0.1, -0.05) is 46.3 Å². The lowest BCUT2D eigenvalue weighted by molar-refractivity contribution is -0.114. The van der Waals surface area contributed by atoms with Crippen LogP contribution in [0.1, 0.15) is 18.6 Å². The first-order chi connectivity index (χ1) is 6.66. The molecule has 1 atom stereocenters. The lowest BCUT2D eigenvalue weighted by atomic mass is 10.0. The molecule has 0 aliphatic heterocycles. The molecular formula is C11H11BrO2. The number of Topliss-reactive ketones (excluding diaryl/α,β-unsaturated/α-hetero) is 1. The Hall–Kier alpha value is -0.930. The molecule has 0 amide bonds. The molecule has 3 heteroatoms. The van der Waals surface area contributed by atoms with Crippen molar-refractivity contribution in [3.8, 4) is 0 Å². The summed E-state index contributed by atoms with van der Waals surface area (Å²) >= 11 is 3.07. The molecule has 0 aromatic heterocycles. The number of carbonyl (C=O) groups excluding carboxylic acids is 1. The maximum Gasteiger partial charge on any atom is 0.159 e. The Kier molecular flexibility index (Phi) is 4.04. The summed E-state index contributed by atoms with van der Waals surface area (Å²) in [5.74, 6) is -0.141. The van der Waals surface area contributed by atoms with Crippen molar-refractivity contribution in [2.75, 3.05) is 0 Å². The molecule has 74 valence electrons. The minimum Gasteiger partial charge on any atom is -0.384 e. The number of aliphatic hydroxyl groups is 1. The zero-order valence-corrected chi connectivity index (χ0v) is 9.36. The largest absolute Gasteiger partial charge is 0.384 e. The summed E-state index contributed by atoms with van der Waals surface area (Å²) in [5, 5.41) is 9.83. The van der Waals surface area contributed by atoms with Gasteiger partial charge in [-0.05, 0) is 17.5 Å². The highest BCUT2D eigenvalue weighted by Crippen LogP contribution is 2.22. The third-order valence-electron chi connectivity index (χ3n) is 1.93. The summed E-state index contributed by atoms with van der Waals surface area (Å²) in [7, 11) is 0. The Morgan fingerprint density at radius 3 is 2.43 bits per heavy atom. The standard InChI is InChI=1S/C11H11BrO2/c1-8(13)10(7-12)11(14)9-5-3-2-4-6-9/h2-7,11,14H,1H3/b10-7+. The predicted molar refractivity (Wildman–Crippen MR) is 59.1 cm³/mol. The number of hydrogen-bond donors (Lipinski definition) is 1. The number of hydrogen-bond acceptors (Lipinski definition) is 2. The van der Waals surface area contributed by atoms with Crippen LogP contribution in [-0.2, 0) is 4.79 Å². The summed E-state index contributed by atoms with van der Waals surface area (Å²) in [6, 6.07) is 9.07. The molecule has 0 saturated carbocycles. The van der Waals surface area contributed by atoms with Crippen LogP contribution in [0.5, 0.6) is 0 Å². The molecule has 1 aromatic carbocycles. The van der Waals surface area contributed by atoms with Gasteiger partial charge in [0, 0.05) is 5.57 Å². The first-order valence-electron chi connectivity index (χ1n) is 4.21. The summed E-state index contributed by atoms with van der Waals surface area (Å²) < 4.78 is 0. The fraction of sp³-hybridized carbons (Fsp3) is 0.182. The first-order valence-corrected chi connectivity index (χ1v) is 5.12. The SMILES string of the molecule is CC(=O)/C(=C\Br)C(O)c1ccccc1. The smallest absolute Gasteiger partial charge is 0.159 e. The van der Waals surface area contributed by atoms with Gasteiger partial charge in [-0.3, -0.25) is 4.79 Å². The molecule has 0 spiro atoms. The van der Waals surface area contributed by atoms with E-state index >= 15 is 0 Å². The van der Waals surface area contributed by atoms with E-state index in [4.69, 9.17) is 0 Å². The van der Waals surface area contributed by atoms with Crippen LogP contribution in [0.3, 0.4) is 0 Å². The van der Waals surface area contributed by atoms with E-state index in [1.165, 1.54) is 11.9 Å². The van der Waals surface area contributed by atoms with E-state index < -0.39 is 6.10 Å². The van der Waals surface area contributed by atoms with Crippen LogP contribution in [0, 0.1) is 0 Å². The van der Waals surface area contributed by atoms with E-state index in [0.717, 1.165) is 0 Å². The van der Waals surface area contributed by atoms with Gasteiger partial charge in [0.2, 0.25) is 0 Å². The Morgan fingerprint density at radius 2 is 2.00 bits per heavy atom. The van der Waals surface area contributed by atoms with Crippen LogP contribution in [-0.4, -0.2) is 10.9 Å². The van der Waals surface area contributed by atoms with E-state index in [2.05, 4.69) is 15.9 Å². The van der Waals surface area contributed by atoms with Crippen molar-refractivity contribution in [2.24, 2.45) is 0 Å². The second-order valence-corrected chi connectivity index (χ2v) is 3.39. The topological polar surface area (TPSA) is 37.3 Å². The Morgan fingerprint density at radius 1 is 1.43 bits per heavy atom. The number of aliphatic hydroxyl groups excluding tert-OH is 1. The van der Waals surface area contributed by atoms with Crippen LogP contribution < -0.4 is 0 Å². The molecule has 2 nitrogen and oxygen atoms in total. The molecular weight excluding hydrogens is 244 g/mol. The average Bonchev–Trinajstić information content (AvgIpc) is 2.19. The zero-order valence-electron chi connectivity index (χ0n) is 7.77. The van der Waals surface area contributed by atoms with Crippen molar-refractivity contribution in [3.05, 3.63) is 46.5 Å². The van der Waals surface area contributed by atoms with E-state index in [9.17, 15) is 9.90 Å². The molecule has 0 fully saturated rings. The van der Waals surface area contributed by atoms with Gasteiger partial charge in [0.25, 0.3) is 0 Å². The molecule has 0 bridgehead atoms. The fourth-order valence-electron chi connectivity index (χ4n) is 1.14. The van der Waals surface area contributed by atoms with Crippen LogP contribution in [0.25, 0.3) is 0 Å². The van der Waals surface area contributed by atoms with Crippen molar-refractivity contribution in [1.82, 2.24) is 0 Å². The van der Waals surface area contributed by atoms with Crippen LogP contribution >= 0.6 is 15.9 Å². The Labute approximate surface area is 91.4 Å². The monoisotopic (exact) mass is 254 g/mol. The second-order valence-electron chi connectivity index (χ2n) is 2.93. The Bertz CT molecular complexity index is 344. The van der Waals surface area contributed by atoms with Gasteiger partial charge in [-0.15, -0.1) is 0 Å². The van der Waals surface area contributed by atoms with Crippen molar-refractivity contribution in [1.29, 1.82) is 0 Å². The van der Waals surface area contributed by atoms with Gasteiger partial charge < -0.3 is 5.11 Å². The molecule has 1 unspecified atom stereocenters. The highest BCUT2D eigenvalue weighted by molar-refractivity contribution is 9.11. The van der Waals surface area contributed by atoms with Crippen molar-refractivity contribution in [3.63, 3.8) is 0 Å². The number of benzene rings is 1. The van der Waals surface area contributed by atoms with Crippen molar-refractivity contribution >= 4 is 21.7 Å². The number of ketones is 1. The number of carbonyl (C=O) groups is 1. The summed E-state index contributed by atoms with van der Waals surface area (Å²) in [5.41, 5.74) is 1.07. The van der Waals surface area contributed by atoms with Crippen molar-refractivity contribution in [2.45, 2.75) is 13.0 Å². The van der Waals surface area contributed by atoms with Crippen molar-refractivity contribution < 1.29 is 9.90 Å². The number of halogens is 1. The molecule has 0 saturated heterocycles. The lowest BCUT2D eigenvalue weighted by Gasteiger charge is -2.11. The lowest BCUT2D eigenvalue weighted by Crippen LogP contribution is -2.07. The molecule has 0 aliphatic carbocycles. The quantitative estimate of drug-likeness (QED) is 0.843. The Balaban J connectivity index is 2.96. The van der Waals surface area contributed by atoms with Crippen LogP contribution in [0.15, 0.2) is 40.9 Å². The van der Waals surface area contributed by atoms with E-state index in [1.54, 1.807) is 12.1 Å². The van der Waals surface area contributed by atoms with Gasteiger partial charge in [-0.2, -0.15) is 0 Å². The maximum absolute atomic E-state index is 11.1. The second kappa shape index (κ2) is 5.08. The van der Waals surface area contributed by atoms with Gasteiger partial charge in [0.15, 0.2) is 5.78 Å². The van der Waals surface area contributed by atoms with Crippen LogP contribution in [0.4, 0.5) is 0 Å². The van der Waals surface area contributed by atoms with Gasteiger partial charge in [0.1, 0.15) is 6.10 Å². The maximum atomic E-state index is 11.1. The first kappa shape index (κ1) is 11.1. The van der Waals surface area contributed by atoms with Gasteiger partial charge in [-0.25, -0.2) is 0 Å². The summed E-state index contributed by atoms with van der Waals surface area (Å²) in [4.78, 5) is 12.6. The number of rotatable bonds is 3. The molecule has 1 N–H and O–H groups in total. The molecule has 1 aromatic rings. The van der Waals surface area contributed by atoms with E-state index in [-0.39, 0.29) is 5.78 Å². The fourth-order valence-corrected chi connectivity index (χ4v) is 1.72. The normalized spacial score (nSPS) is 13.8. The minimum atomic E-state index is -0.854. The van der Waals surface area contributed by atoms with E-state index in [1.807, 2.05) is 18.2 Å². The predicted octanol–water partition coefficient (Wildman–Crippen LogP) is 2.59. The summed E-state index contributed by atoms with van der Waals surface area (Å²) in [6.45, 7) is 1.43. The molecule has 0 aliphatic rings. The highest BCUT2D eigenvalue weighted by atomic mass is 79.9. The van der Waals surface area contributed by atoms with Gasteiger partial charge >= 0.3 is 0 Å². The molecule has 1 rings (SSSR count). The molecule has 0 radical (unpaired) electrons. The van der Waals surface area contributed by atoms with Crippen LogP contribution in [0.2, 0.25) is 0 Å². The molecule has 0 heterocycles. The third kappa shape index (κ3) is 2.53. The zero-order chi connectivity index (χ0) is 10.6. The van der Waals surface area contributed by atoms with E-state index in [0.29, 0.717) is 11.1 Å². The minimum absolute atomic E-state index is 0.141. The average molecular weight is 255 g/mol.